The molecule has 0 amide bonds. The molecular weight excluding hydrogens is 236 g/mol. The second-order valence-electron chi connectivity index (χ2n) is 3.57. The molecule has 94 valence electrons. The predicted octanol–water partition coefficient (Wildman–Crippen LogP) is 1.17. The lowest BCUT2D eigenvalue weighted by Gasteiger charge is -2.02. The Labute approximate surface area is 103 Å². The summed E-state index contributed by atoms with van der Waals surface area (Å²) in [6.45, 7) is 2.30. The number of carbonyl (C=O) groups excluding carboxylic acids is 1. The molecule has 2 rings (SSSR count). The van der Waals surface area contributed by atoms with E-state index >= 15 is 0 Å². The maximum atomic E-state index is 11.1. The number of rotatable bonds is 4. The molecule has 0 saturated heterocycles. The van der Waals surface area contributed by atoms with Gasteiger partial charge in [0.2, 0.25) is 0 Å². The Kier molecular flexibility index (Phi) is 3.52. The molecule has 0 saturated carbocycles. The lowest BCUT2D eigenvalue weighted by molar-refractivity contribution is 0.0593. The number of ether oxygens (including phenoxy) is 1. The van der Waals surface area contributed by atoms with Crippen molar-refractivity contribution in [3.8, 4) is 0 Å². The summed E-state index contributed by atoms with van der Waals surface area (Å²) in [7, 11) is 1.29. The maximum absolute atomic E-state index is 11.1. The molecule has 0 atom stereocenters. The second-order valence-corrected chi connectivity index (χ2v) is 3.57. The normalized spacial score (nSPS) is 10.1. The van der Waals surface area contributed by atoms with Gasteiger partial charge >= 0.3 is 5.97 Å². The molecule has 0 aliphatic carbocycles. The number of aromatic nitrogens is 3. The topological polar surface area (TPSA) is 90.1 Å². The number of carbonyl (C=O) groups is 1. The highest BCUT2D eigenvalue weighted by molar-refractivity contribution is 5.86. The van der Waals surface area contributed by atoms with Gasteiger partial charge in [-0.2, -0.15) is 0 Å². The van der Waals surface area contributed by atoms with E-state index in [0.717, 1.165) is 5.69 Å². The summed E-state index contributed by atoms with van der Waals surface area (Å²) in [6.07, 6.45) is 2.80. The van der Waals surface area contributed by atoms with E-state index in [9.17, 15) is 4.79 Å². The van der Waals surface area contributed by atoms with Gasteiger partial charge in [-0.25, -0.2) is 14.8 Å². The van der Waals surface area contributed by atoms with Gasteiger partial charge in [0, 0.05) is 6.07 Å². The van der Waals surface area contributed by atoms with E-state index in [1.54, 1.807) is 0 Å². The van der Waals surface area contributed by atoms with Gasteiger partial charge in [-0.15, -0.1) is 0 Å². The standard InChI is InChI=1S/C11H12N4O3/c1-7-3-8(18-15-7)4-13-10-6-12-9(5-14-10)11(16)17-2/h3,5-6H,4H2,1-2H3,(H,13,14). The Hall–Kier alpha value is -2.44. The van der Waals surface area contributed by atoms with Gasteiger partial charge in [-0.05, 0) is 6.92 Å². The first-order valence-corrected chi connectivity index (χ1v) is 5.25. The fraction of sp³-hybridized carbons (Fsp3) is 0.273. The maximum Gasteiger partial charge on any atom is 0.358 e. The van der Waals surface area contributed by atoms with Crippen LogP contribution >= 0.6 is 0 Å². The summed E-state index contributed by atoms with van der Waals surface area (Å²) >= 11 is 0. The number of nitrogens with zero attached hydrogens (tertiary/aromatic N) is 3. The molecule has 0 spiro atoms. The summed E-state index contributed by atoms with van der Waals surface area (Å²) in [5.41, 5.74) is 0.984. The third-order valence-corrected chi connectivity index (χ3v) is 2.17. The Balaban J connectivity index is 1.96. The van der Waals surface area contributed by atoms with Crippen LogP contribution in [0.25, 0.3) is 0 Å². The fourth-order valence-corrected chi connectivity index (χ4v) is 1.31. The number of methoxy groups -OCH3 is 1. The number of anilines is 1. The largest absolute Gasteiger partial charge is 0.464 e. The summed E-state index contributed by atoms with van der Waals surface area (Å²) in [5.74, 6) is 0.725. The van der Waals surface area contributed by atoms with Crippen LogP contribution in [0, 0.1) is 6.92 Å². The summed E-state index contributed by atoms with van der Waals surface area (Å²) in [4.78, 5) is 19.1. The van der Waals surface area contributed by atoms with E-state index in [1.165, 1.54) is 19.5 Å². The van der Waals surface area contributed by atoms with Gasteiger partial charge in [0.1, 0.15) is 5.82 Å². The molecule has 7 nitrogen and oxygen atoms in total. The minimum Gasteiger partial charge on any atom is -0.464 e. The van der Waals surface area contributed by atoms with E-state index in [0.29, 0.717) is 18.1 Å². The van der Waals surface area contributed by atoms with Crippen molar-refractivity contribution in [2.45, 2.75) is 13.5 Å². The predicted molar refractivity (Wildman–Crippen MR) is 61.9 cm³/mol. The van der Waals surface area contributed by atoms with Crippen LogP contribution in [0.3, 0.4) is 0 Å². The van der Waals surface area contributed by atoms with Crippen molar-refractivity contribution < 1.29 is 14.1 Å². The molecule has 2 heterocycles. The molecule has 0 aliphatic rings. The SMILES string of the molecule is COC(=O)c1cnc(NCc2cc(C)no2)cn1. The molecule has 0 aromatic carbocycles. The van der Waals surface area contributed by atoms with Crippen LogP contribution in [0.4, 0.5) is 5.82 Å². The van der Waals surface area contributed by atoms with Gasteiger partial charge < -0.3 is 14.6 Å². The van der Waals surface area contributed by atoms with Crippen LogP contribution in [0.5, 0.6) is 0 Å². The van der Waals surface area contributed by atoms with Gasteiger partial charge in [-0.3, -0.25) is 0 Å². The van der Waals surface area contributed by atoms with Crippen molar-refractivity contribution in [3.63, 3.8) is 0 Å². The zero-order chi connectivity index (χ0) is 13.0. The van der Waals surface area contributed by atoms with Crippen LogP contribution in [0.1, 0.15) is 21.9 Å². The smallest absolute Gasteiger partial charge is 0.358 e. The van der Waals surface area contributed by atoms with Crippen molar-refractivity contribution in [2.75, 3.05) is 12.4 Å². The Bertz CT molecular complexity index is 535. The highest BCUT2D eigenvalue weighted by Crippen LogP contribution is 2.07. The third kappa shape index (κ3) is 2.82. The molecule has 7 heteroatoms. The van der Waals surface area contributed by atoms with Gasteiger partial charge in [0.05, 0.1) is 31.7 Å². The summed E-state index contributed by atoms with van der Waals surface area (Å²) in [6, 6.07) is 1.82. The first-order valence-electron chi connectivity index (χ1n) is 5.25. The second kappa shape index (κ2) is 5.26. The third-order valence-electron chi connectivity index (χ3n) is 2.17. The quantitative estimate of drug-likeness (QED) is 0.812. The van der Waals surface area contributed by atoms with Crippen LogP contribution in [0.15, 0.2) is 23.0 Å². The first kappa shape index (κ1) is 12.0. The number of aryl methyl sites for hydroxylation is 1. The summed E-state index contributed by atoms with van der Waals surface area (Å²) < 4.78 is 9.55. The van der Waals surface area contributed by atoms with Gasteiger partial charge in [0.15, 0.2) is 11.5 Å². The number of hydrogen-bond acceptors (Lipinski definition) is 7. The Morgan fingerprint density at radius 3 is 2.83 bits per heavy atom. The molecule has 0 radical (unpaired) electrons. The van der Waals surface area contributed by atoms with Crippen LogP contribution in [0.2, 0.25) is 0 Å². The Morgan fingerprint density at radius 2 is 2.28 bits per heavy atom. The molecule has 0 unspecified atom stereocenters. The van der Waals surface area contributed by atoms with E-state index in [2.05, 4.69) is 25.2 Å². The molecular formula is C11H12N4O3. The molecule has 0 aliphatic heterocycles. The van der Waals surface area contributed by atoms with Crippen molar-refractivity contribution in [2.24, 2.45) is 0 Å². The van der Waals surface area contributed by atoms with Crippen LogP contribution in [-0.2, 0) is 11.3 Å². The lowest BCUT2D eigenvalue weighted by Crippen LogP contribution is -2.07. The van der Waals surface area contributed by atoms with Crippen LogP contribution < -0.4 is 5.32 Å². The fourth-order valence-electron chi connectivity index (χ4n) is 1.31. The van der Waals surface area contributed by atoms with Gasteiger partial charge in [-0.1, -0.05) is 5.16 Å². The van der Waals surface area contributed by atoms with Crippen molar-refractivity contribution in [1.29, 1.82) is 0 Å². The Morgan fingerprint density at radius 1 is 1.44 bits per heavy atom. The monoisotopic (exact) mass is 248 g/mol. The van der Waals surface area contributed by atoms with Gasteiger partial charge in [0.25, 0.3) is 0 Å². The number of nitrogens with one attached hydrogen (secondary N) is 1. The van der Waals surface area contributed by atoms with E-state index in [1.807, 2.05) is 13.0 Å². The lowest BCUT2D eigenvalue weighted by atomic mass is 10.4. The zero-order valence-corrected chi connectivity index (χ0v) is 10.0. The first-order chi connectivity index (χ1) is 8.69. The highest BCUT2D eigenvalue weighted by Gasteiger charge is 2.07. The van der Waals surface area contributed by atoms with E-state index < -0.39 is 5.97 Å². The minimum absolute atomic E-state index is 0.165. The number of esters is 1. The average Bonchev–Trinajstić information content (AvgIpc) is 2.82. The molecule has 1 N–H and O–H groups in total. The molecule has 0 bridgehead atoms. The summed E-state index contributed by atoms with van der Waals surface area (Å²) in [5, 5.41) is 6.76. The molecule has 2 aromatic rings. The van der Waals surface area contributed by atoms with E-state index in [4.69, 9.17) is 4.52 Å². The minimum atomic E-state index is -0.514. The van der Waals surface area contributed by atoms with Crippen LogP contribution in [-0.4, -0.2) is 28.2 Å². The van der Waals surface area contributed by atoms with Crippen molar-refractivity contribution >= 4 is 11.8 Å². The highest BCUT2D eigenvalue weighted by atomic mass is 16.5. The zero-order valence-electron chi connectivity index (χ0n) is 10.0. The van der Waals surface area contributed by atoms with E-state index in [-0.39, 0.29) is 5.69 Å². The van der Waals surface area contributed by atoms with Crippen molar-refractivity contribution in [1.82, 2.24) is 15.1 Å². The molecule has 0 fully saturated rings. The number of hydrogen-bond donors (Lipinski definition) is 1. The van der Waals surface area contributed by atoms with Crippen molar-refractivity contribution in [3.05, 3.63) is 35.6 Å². The molecule has 18 heavy (non-hydrogen) atoms. The molecule has 2 aromatic heterocycles. The average molecular weight is 248 g/mol.